The van der Waals surface area contributed by atoms with E-state index in [1.807, 2.05) is 0 Å². The smallest absolute Gasteiger partial charge is 0.182 e. The lowest BCUT2D eigenvalue weighted by Gasteiger charge is -2.25. The van der Waals surface area contributed by atoms with Crippen LogP contribution in [-0.4, -0.2) is 42.4 Å². The molecule has 1 aromatic rings. The third kappa shape index (κ3) is 2.86. The molecule has 2 rings (SSSR count). The number of rotatable bonds is 2. The Balaban J connectivity index is 2.33. The van der Waals surface area contributed by atoms with E-state index in [2.05, 4.69) is 0 Å². The van der Waals surface area contributed by atoms with Crippen LogP contribution in [0.2, 0.25) is 10.0 Å². The van der Waals surface area contributed by atoms with Gasteiger partial charge in [-0.3, -0.25) is 19.3 Å². The Morgan fingerprint density at radius 1 is 1.21 bits per heavy atom. The van der Waals surface area contributed by atoms with Crippen LogP contribution >= 0.6 is 23.2 Å². The summed E-state index contributed by atoms with van der Waals surface area (Å²) in [5.41, 5.74) is 0.155. The van der Waals surface area contributed by atoms with Crippen LogP contribution in [0.3, 0.4) is 0 Å². The van der Waals surface area contributed by atoms with Crippen molar-refractivity contribution in [3.05, 3.63) is 33.8 Å². The van der Waals surface area contributed by atoms with E-state index in [1.165, 1.54) is 18.2 Å². The number of likely N-dealkylation sites (tertiary alicyclic amines) is 1. The normalized spacial score (nSPS) is 17.8. The molecule has 0 bridgehead atoms. The zero-order valence-electron chi connectivity index (χ0n) is 10.2. The molecule has 0 aromatic heterocycles. The molecule has 100 valence electrons. The highest BCUT2D eigenvalue weighted by atomic mass is 35.5. The van der Waals surface area contributed by atoms with Gasteiger partial charge in [0.05, 0.1) is 18.1 Å². The molecule has 0 saturated carbocycles. The van der Waals surface area contributed by atoms with Gasteiger partial charge in [-0.15, -0.1) is 0 Å². The van der Waals surface area contributed by atoms with Crippen LogP contribution in [0.15, 0.2) is 18.2 Å². The summed E-state index contributed by atoms with van der Waals surface area (Å²) in [5, 5.41) is 0.541. The predicted octanol–water partition coefficient (Wildman–Crippen LogP) is 1.88. The molecule has 1 aromatic carbocycles. The molecule has 1 saturated heterocycles. The average molecular weight is 300 g/mol. The zero-order chi connectivity index (χ0) is 14.2. The van der Waals surface area contributed by atoms with Crippen molar-refractivity contribution in [3.63, 3.8) is 0 Å². The molecule has 0 unspecified atom stereocenters. The van der Waals surface area contributed by atoms with Crippen LogP contribution < -0.4 is 0 Å². The summed E-state index contributed by atoms with van der Waals surface area (Å²) in [7, 11) is 1.66. The highest BCUT2D eigenvalue weighted by molar-refractivity contribution is 6.38. The first-order valence-electron chi connectivity index (χ1n) is 5.63. The van der Waals surface area contributed by atoms with Gasteiger partial charge in [0.25, 0.3) is 0 Å². The van der Waals surface area contributed by atoms with Gasteiger partial charge in [0, 0.05) is 10.6 Å². The van der Waals surface area contributed by atoms with Crippen LogP contribution in [0, 0.1) is 5.92 Å². The molecule has 1 aliphatic heterocycles. The first kappa shape index (κ1) is 14.2. The van der Waals surface area contributed by atoms with Crippen molar-refractivity contribution in [2.24, 2.45) is 5.92 Å². The van der Waals surface area contributed by atoms with Crippen LogP contribution in [0.4, 0.5) is 0 Å². The number of ketones is 3. The lowest BCUT2D eigenvalue weighted by molar-refractivity contribution is -0.135. The molecule has 6 heteroatoms. The number of carbonyl (C=O) groups excluding carboxylic acids is 3. The lowest BCUT2D eigenvalue weighted by atomic mass is 9.87. The van der Waals surface area contributed by atoms with Crippen molar-refractivity contribution in [2.75, 3.05) is 20.1 Å². The summed E-state index contributed by atoms with van der Waals surface area (Å²) in [6, 6.07) is 4.36. The first-order chi connectivity index (χ1) is 8.90. The van der Waals surface area contributed by atoms with E-state index in [1.54, 1.807) is 11.9 Å². The zero-order valence-corrected chi connectivity index (χ0v) is 11.7. The molecule has 19 heavy (non-hydrogen) atoms. The fourth-order valence-corrected chi connectivity index (χ4v) is 2.59. The molecule has 0 spiro atoms. The lowest BCUT2D eigenvalue weighted by Crippen LogP contribution is -2.48. The van der Waals surface area contributed by atoms with Gasteiger partial charge in [0.2, 0.25) is 0 Å². The maximum absolute atomic E-state index is 12.3. The van der Waals surface area contributed by atoms with Crippen molar-refractivity contribution < 1.29 is 14.4 Å². The maximum Gasteiger partial charge on any atom is 0.182 e. The molecule has 1 heterocycles. The highest BCUT2D eigenvalue weighted by Gasteiger charge is 2.39. The first-order valence-corrected chi connectivity index (χ1v) is 6.39. The van der Waals surface area contributed by atoms with Gasteiger partial charge >= 0.3 is 0 Å². The van der Waals surface area contributed by atoms with Gasteiger partial charge in [-0.2, -0.15) is 0 Å². The summed E-state index contributed by atoms with van der Waals surface area (Å²) in [5.74, 6) is -2.58. The van der Waals surface area contributed by atoms with Crippen LogP contribution in [0.5, 0.6) is 0 Å². The fraction of sp³-hybridized carbons (Fsp3) is 0.308. The minimum atomic E-state index is -1.24. The summed E-state index contributed by atoms with van der Waals surface area (Å²) in [4.78, 5) is 37.6. The summed E-state index contributed by atoms with van der Waals surface area (Å²) >= 11 is 11.7. The number of hydrogen-bond acceptors (Lipinski definition) is 4. The number of likely N-dealkylation sites (N-methyl/N-ethyl adjacent to an activating group) is 1. The van der Waals surface area contributed by atoms with Crippen molar-refractivity contribution in [3.8, 4) is 0 Å². The van der Waals surface area contributed by atoms with Gasteiger partial charge in [-0.25, -0.2) is 0 Å². The Bertz CT molecular complexity index is 553. The van der Waals surface area contributed by atoms with E-state index in [-0.39, 0.29) is 23.7 Å². The number of halogens is 2. The van der Waals surface area contributed by atoms with Crippen LogP contribution in [0.1, 0.15) is 10.4 Å². The van der Waals surface area contributed by atoms with Gasteiger partial charge in [0.15, 0.2) is 17.3 Å². The largest absolute Gasteiger partial charge is 0.297 e. The van der Waals surface area contributed by atoms with Gasteiger partial charge in [-0.05, 0) is 25.2 Å². The van der Waals surface area contributed by atoms with E-state index >= 15 is 0 Å². The van der Waals surface area contributed by atoms with Gasteiger partial charge in [-0.1, -0.05) is 23.2 Å². The average Bonchev–Trinajstić information content (AvgIpc) is 2.26. The molecule has 4 nitrogen and oxygen atoms in total. The van der Waals surface area contributed by atoms with Crippen molar-refractivity contribution in [1.82, 2.24) is 4.90 Å². The molecule has 1 aliphatic rings. The second-order valence-corrected chi connectivity index (χ2v) is 5.37. The van der Waals surface area contributed by atoms with E-state index in [0.29, 0.717) is 5.02 Å². The SMILES string of the molecule is CN1CC(=O)C(C(=O)c2ccc(Cl)cc2Cl)C(=O)C1. The standard InChI is InChI=1S/C13H11Cl2NO3/c1-16-5-10(17)12(11(18)6-16)13(19)8-3-2-7(14)4-9(8)15/h2-4,12H,5-6H2,1H3. The van der Waals surface area contributed by atoms with Crippen molar-refractivity contribution in [2.45, 2.75) is 0 Å². The Hall–Kier alpha value is -1.23. The molecular formula is C13H11Cl2NO3. The second-order valence-electron chi connectivity index (χ2n) is 4.53. The van der Waals surface area contributed by atoms with Crippen LogP contribution in [0.25, 0.3) is 0 Å². The molecule has 0 radical (unpaired) electrons. The minimum Gasteiger partial charge on any atom is -0.297 e. The fourth-order valence-electron chi connectivity index (χ4n) is 2.09. The summed E-state index contributed by atoms with van der Waals surface area (Å²) < 4.78 is 0. The number of hydrogen-bond donors (Lipinski definition) is 0. The van der Waals surface area contributed by atoms with E-state index in [9.17, 15) is 14.4 Å². The maximum atomic E-state index is 12.3. The number of nitrogens with zero attached hydrogens (tertiary/aromatic N) is 1. The van der Waals surface area contributed by atoms with Crippen LogP contribution in [-0.2, 0) is 9.59 Å². The Labute approximate surface area is 120 Å². The topological polar surface area (TPSA) is 54.5 Å². The monoisotopic (exact) mass is 299 g/mol. The number of carbonyl (C=O) groups is 3. The molecule has 0 amide bonds. The Kier molecular flexibility index (Phi) is 4.04. The molecular weight excluding hydrogens is 289 g/mol. The molecule has 0 N–H and O–H groups in total. The van der Waals surface area contributed by atoms with Gasteiger partial charge < -0.3 is 0 Å². The molecule has 0 atom stereocenters. The molecule has 1 fully saturated rings. The number of piperidine rings is 1. The predicted molar refractivity (Wildman–Crippen MR) is 71.8 cm³/mol. The van der Waals surface area contributed by atoms with E-state index in [4.69, 9.17) is 23.2 Å². The molecule has 0 aliphatic carbocycles. The Morgan fingerprint density at radius 2 is 1.79 bits per heavy atom. The van der Waals surface area contributed by atoms with Crippen molar-refractivity contribution in [1.29, 1.82) is 0 Å². The summed E-state index contributed by atoms with van der Waals surface area (Å²) in [6.45, 7) is 0.181. The van der Waals surface area contributed by atoms with Crippen molar-refractivity contribution >= 4 is 40.6 Å². The second kappa shape index (κ2) is 5.41. The Morgan fingerprint density at radius 3 is 2.32 bits per heavy atom. The quantitative estimate of drug-likeness (QED) is 0.618. The summed E-state index contributed by atoms with van der Waals surface area (Å²) in [6.07, 6.45) is 0. The third-order valence-corrected chi connectivity index (χ3v) is 3.50. The van der Waals surface area contributed by atoms with Gasteiger partial charge in [0.1, 0.15) is 5.92 Å². The highest BCUT2D eigenvalue weighted by Crippen LogP contribution is 2.25. The number of benzene rings is 1. The minimum absolute atomic E-state index is 0.0906. The van der Waals surface area contributed by atoms with E-state index < -0.39 is 23.3 Å². The third-order valence-electron chi connectivity index (χ3n) is 2.95. The number of Topliss-reactive ketones (excluding diaryl/α,β-unsaturated/α-hetero) is 3. The van der Waals surface area contributed by atoms with E-state index in [0.717, 1.165) is 0 Å².